The maximum Gasteiger partial charge on any atom is 0.238 e. The number of para-hydroxylation sites is 1. The monoisotopic (exact) mass is 331 g/mol. The average molecular weight is 332 g/mol. The molecule has 2 N–H and O–H groups in total. The summed E-state index contributed by atoms with van der Waals surface area (Å²) in [6, 6.07) is 5.67. The van der Waals surface area contributed by atoms with E-state index in [2.05, 4.69) is 36.4 Å². The molecule has 118 valence electrons. The van der Waals surface area contributed by atoms with E-state index in [0.717, 1.165) is 19.5 Å². The van der Waals surface area contributed by atoms with Crippen LogP contribution in [0.1, 0.15) is 20.3 Å². The fraction of sp³-hybridized carbons (Fsp3) is 0.533. The SMILES string of the molecule is CCC(C)N(C)CCNCC(=O)Nc1c(Cl)cccc1Cl. The Hall–Kier alpha value is -0.810. The van der Waals surface area contributed by atoms with Crippen LogP contribution in [-0.2, 0) is 4.79 Å². The summed E-state index contributed by atoms with van der Waals surface area (Å²) in [5.74, 6) is -0.156. The molecule has 1 aromatic rings. The highest BCUT2D eigenvalue weighted by molar-refractivity contribution is 6.39. The van der Waals surface area contributed by atoms with Crippen molar-refractivity contribution < 1.29 is 4.79 Å². The van der Waals surface area contributed by atoms with E-state index in [0.29, 0.717) is 21.8 Å². The summed E-state index contributed by atoms with van der Waals surface area (Å²) in [6.07, 6.45) is 1.11. The van der Waals surface area contributed by atoms with Crippen molar-refractivity contribution in [2.45, 2.75) is 26.3 Å². The minimum atomic E-state index is -0.156. The third kappa shape index (κ3) is 6.22. The topological polar surface area (TPSA) is 44.4 Å². The van der Waals surface area contributed by atoms with Crippen molar-refractivity contribution in [1.29, 1.82) is 0 Å². The van der Waals surface area contributed by atoms with Crippen LogP contribution in [0.3, 0.4) is 0 Å². The number of amides is 1. The summed E-state index contributed by atoms with van der Waals surface area (Å²) < 4.78 is 0. The molecule has 0 bridgehead atoms. The van der Waals surface area contributed by atoms with Gasteiger partial charge < -0.3 is 15.5 Å². The van der Waals surface area contributed by atoms with Crippen LogP contribution in [0.4, 0.5) is 5.69 Å². The van der Waals surface area contributed by atoms with Crippen molar-refractivity contribution in [3.05, 3.63) is 28.2 Å². The molecule has 1 amide bonds. The van der Waals surface area contributed by atoms with Crippen LogP contribution in [0.2, 0.25) is 10.0 Å². The van der Waals surface area contributed by atoms with E-state index in [1.807, 2.05) is 0 Å². The lowest BCUT2D eigenvalue weighted by Gasteiger charge is -2.23. The first-order valence-corrected chi connectivity index (χ1v) is 7.86. The van der Waals surface area contributed by atoms with E-state index in [1.165, 1.54) is 0 Å². The molecule has 0 fully saturated rings. The normalized spacial score (nSPS) is 12.5. The average Bonchev–Trinajstić information content (AvgIpc) is 2.46. The van der Waals surface area contributed by atoms with Gasteiger partial charge in [-0.3, -0.25) is 4.79 Å². The van der Waals surface area contributed by atoms with Gasteiger partial charge in [0.25, 0.3) is 0 Å². The highest BCUT2D eigenvalue weighted by atomic mass is 35.5. The summed E-state index contributed by atoms with van der Waals surface area (Å²) in [5, 5.41) is 6.71. The number of nitrogens with one attached hydrogen (secondary N) is 2. The number of benzene rings is 1. The Balaban J connectivity index is 2.32. The molecule has 6 heteroatoms. The molecule has 0 aliphatic heterocycles. The van der Waals surface area contributed by atoms with Gasteiger partial charge in [-0.1, -0.05) is 36.2 Å². The van der Waals surface area contributed by atoms with Crippen molar-refractivity contribution in [1.82, 2.24) is 10.2 Å². The van der Waals surface area contributed by atoms with Crippen molar-refractivity contribution in [2.24, 2.45) is 0 Å². The third-order valence-electron chi connectivity index (χ3n) is 3.50. The second-order valence-corrected chi connectivity index (χ2v) is 5.87. The molecule has 0 spiro atoms. The number of hydrogen-bond donors (Lipinski definition) is 2. The fourth-order valence-electron chi connectivity index (χ4n) is 1.79. The molecule has 0 radical (unpaired) electrons. The molecule has 0 aliphatic rings. The van der Waals surface area contributed by atoms with Gasteiger partial charge in [0.15, 0.2) is 0 Å². The summed E-state index contributed by atoms with van der Waals surface area (Å²) in [4.78, 5) is 14.1. The first-order chi connectivity index (χ1) is 9.95. The number of nitrogens with zero attached hydrogens (tertiary/aromatic N) is 1. The minimum Gasteiger partial charge on any atom is -0.322 e. The number of halogens is 2. The molecule has 0 saturated carbocycles. The first-order valence-electron chi connectivity index (χ1n) is 7.10. The largest absolute Gasteiger partial charge is 0.322 e. The molecule has 1 aromatic carbocycles. The van der Waals surface area contributed by atoms with Crippen LogP contribution >= 0.6 is 23.2 Å². The molecule has 0 saturated heterocycles. The Morgan fingerprint density at radius 3 is 2.52 bits per heavy atom. The van der Waals surface area contributed by atoms with E-state index < -0.39 is 0 Å². The zero-order valence-electron chi connectivity index (χ0n) is 12.7. The first kappa shape index (κ1) is 18.2. The molecule has 0 aliphatic carbocycles. The van der Waals surface area contributed by atoms with Crippen LogP contribution in [0, 0.1) is 0 Å². The van der Waals surface area contributed by atoms with Crippen LogP contribution < -0.4 is 10.6 Å². The standard InChI is InChI=1S/C15H23Cl2N3O/c1-4-11(2)20(3)9-8-18-10-14(21)19-15-12(16)6-5-7-13(15)17/h5-7,11,18H,4,8-10H2,1-3H3,(H,19,21). The zero-order chi connectivity index (χ0) is 15.8. The lowest BCUT2D eigenvalue weighted by Crippen LogP contribution is -2.37. The van der Waals surface area contributed by atoms with Crippen molar-refractivity contribution in [2.75, 3.05) is 32.0 Å². The Kier molecular flexibility index (Phi) is 8.04. The molecule has 0 heterocycles. The van der Waals surface area contributed by atoms with Gasteiger partial charge in [-0.2, -0.15) is 0 Å². The van der Waals surface area contributed by atoms with E-state index in [-0.39, 0.29) is 12.5 Å². The van der Waals surface area contributed by atoms with Gasteiger partial charge in [0.1, 0.15) is 0 Å². The number of carbonyl (C=O) groups excluding carboxylic acids is 1. The molecule has 21 heavy (non-hydrogen) atoms. The maximum absolute atomic E-state index is 11.8. The van der Waals surface area contributed by atoms with Gasteiger partial charge in [-0.25, -0.2) is 0 Å². The second kappa shape index (κ2) is 9.26. The molecule has 1 atom stereocenters. The molecule has 4 nitrogen and oxygen atoms in total. The summed E-state index contributed by atoms with van der Waals surface area (Å²) in [5.41, 5.74) is 0.462. The van der Waals surface area contributed by atoms with E-state index in [1.54, 1.807) is 18.2 Å². The quantitative estimate of drug-likeness (QED) is 0.718. The van der Waals surface area contributed by atoms with Gasteiger partial charge in [0.05, 0.1) is 22.3 Å². The molecule has 0 aromatic heterocycles. The van der Waals surface area contributed by atoms with Crippen LogP contribution in [0.5, 0.6) is 0 Å². The molecule has 1 rings (SSSR count). The van der Waals surface area contributed by atoms with Gasteiger partial charge in [0.2, 0.25) is 5.91 Å². The van der Waals surface area contributed by atoms with E-state index >= 15 is 0 Å². The lowest BCUT2D eigenvalue weighted by atomic mass is 10.2. The Bertz CT molecular complexity index is 448. The van der Waals surface area contributed by atoms with Crippen molar-refractivity contribution >= 4 is 34.8 Å². The summed E-state index contributed by atoms with van der Waals surface area (Å²) in [6.45, 7) is 6.23. The smallest absolute Gasteiger partial charge is 0.238 e. The third-order valence-corrected chi connectivity index (χ3v) is 4.13. The van der Waals surface area contributed by atoms with Crippen molar-refractivity contribution in [3.8, 4) is 0 Å². The van der Waals surface area contributed by atoms with Gasteiger partial charge in [-0.05, 0) is 32.5 Å². The Morgan fingerprint density at radius 2 is 1.95 bits per heavy atom. The van der Waals surface area contributed by atoms with Crippen LogP contribution in [-0.4, -0.2) is 43.5 Å². The minimum absolute atomic E-state index is 0.156. The highest BCUT2D eigenvalue weighted by Gasteiger charge is 2.10. The Morgan fingerprint density at radius 1 is 1.33 bits per heavy atom. The highest BCUT2D eigenvalue weighted by Crippen LogP contribution is 2.29. The van der Waals surface area contributed by atoms with Crippen LogP contribution in [0.25, 0.3) is 0 Å². The molecular formula is C15H23Cl2N3O. The van der Waals surface area contributed by atoms with Crippen LogP contribution in [0.15, 0.2) is 18.2 Å². The summed E-state index contributed by atoms with van der Waals surface area (Å²) >= 11 is 12.0. The number of rotatable bonds is 8. The van der Waals surface area contributed by atoms with E-state index in [4.69, 9.17) is 23.2 Å². The lowest BCUT2D eigenvalue weighted by molar-refractivity contribution is -0.115. The zero-order valence-corrected chi connectivity index (χ0v) is 14.3. The van der Waals surface area contributed by atoms with Crippen molar-refractivity contribution in [3.63, 3.8) is 0 Å². The van der Waals surface area contributed by atoms with Gasteiger partial charge >= 0.3 is 0 Å². The number of carbonyl (C=O) groups is 1. The van der Waals surface area contributed by atoms with Gasteiger partial charge in [0, 0.05) is 19.1 Å². The number of anilines is 1. The maximum atomic E-state index is 11.8. The predicted octanol–water partition coefficient (Wildman–Crippen LogP) is 3.25. The predicted molar refractivity (Wildman–Crippen MR) is 90.3 cm³/mol. The number of hydrogen-bond acceptors (Lipinski definition) is 3. The second-order valence-electron chi connectivity index (χ2n) is 5.06. The fourth-order valence-corrected chi connectivity index (χ4v) is 2.28. The Labute approximate surface area is 136 Å². The number of likely N-dealkylation sites (N-methyl/N-ethyl adjacent to an activating group) is 1. The van der Waals surface area contributed by atoms with E-state index in [9.17, 15) is 4.79 Å². The summed E-state index contributed by atoms with van der Waals surface area (Å²) in [7, 11) is 2.08. The van der Waals surface area contributed by atoms with Gasteiger partial charge in [-0.15, -0.1) is 0 Å². The molecular weight excluding hydrogens is 309 g/mol. The molecule has 1 unspecified atom stereocenters.